The third-order valence-electron chi connectivity index (χ3n) is 4.27. The van der Waals surface area contributed by atoms with Gasteiger partial charge in [0.05, 0.1) is 5.92 Å². The molecule has 2 aromatic heterocycles. The van der Waals surface area contributed by atoms with Crippen LogP contribution >= 0.6 is 0 Å². The molecule has 1 fully saturated rings. The molecule has 126 valence electrons. The molecule has 2 amide bonds. The van der Waals surface area contributed by atoms with E-state index in [2.05, 4.69) is 20.5 Å². The van der Waals surface area contributed by atoms with E-state index in [4.69, 9.17) is 0 Å². The fraction of sp³-hybridized carbons (Fsp3) is 0.412. The lowest BCUT2D eigenvalue weighted by Crippen LogP contribution is -2.43. The molecule has 3 heterocycles. The van der Waals surface area contributed by atoms with E-state index < -0.39 is 0 Å². The van der Waals surface area contributed by atoms with E-state index in [0.717, 1.165) is 25.0 Å². The van der Waals surface area contributed by atoms with Crippen LogP contribution < -0.4 is 5.32 Å². The highest BCUT2D eigenvalue weighted by Gasteiger charge is 2.29. The first-order valence-corrected chi connectivity index (χ1v) is 8.22. The third kappa shape index (κ3) is 3.61. The van der Waals surface area contributed by atoms with E-state index in [1.54, 1.807) is 29.4 Å². The van der Waals surface area contributed by atoms with Gasteiger partial charge in [-0.15, -0.1) is 0 Å². The molecule has 3 rings (SSSR count). The van der Waals surface area contributed by atoms with Crippen LogP contribution in [-0.4, -0.2) is 45.0 Å². The Labute approximate surface area is 140 Å². The average molecular weight is 327 g/mol. The minimum Gasteiger partial charge on any atom is -0.338 e. The van der Waals surface area contributed by atoms with Gasteiger partial charge in [0.25, 0.3) is 5.91 Å². The van der Waals surface area contributed by atoms with E-state index in [1.807, 2.05) is 13.0 Å². The SMILES string of the molecule is CCc1cc(NC(=O)[C@@H]2CCCN(C(=O)c3ccncc3)C2)n[nH]1. The summed E-state index contributed by atoms with van der Waals surface area (Å²) in [7, 11) is 0. The summed E-state index contributed by atoms with van der Waals surface area (Å²) in [5.74, 6) is 0.181. The molecule has 0 aliphatic carbocycles. The summed E-state index contributed by atoms with van der Waals surface area (Å²) in [5, 5.41) is 9.79. The van der Waals surface area contributed by atoms with Gasteiger partial charge in [0, 0.05) is 42.8 Å². The summed E-state index contributed by atoms with van der Waals surface area (Å²) < 4.78 is 0. The van der Waals surface area contributed by atoms with Crippen LogP contribution in [0.15, 0.2) is 30.6 Å². The lowest BCUT2D eigenvalue weighted by atomic mass is 9.96. The number of carbonyl (C=O) groups excluding carboxylic acids is 2. The number of aryl methyl sites for hydroxylation is 1. The number of hydrogen-bond donors (Lipinski definition) is 2. The maximum Gasteiger partial charge on any atom is 0.253 e. The molecule has 1 atom stereocenters. The fourth-order valence-corrected chi connectivity index (χ4v) is 2.89. The topological polar surface area (TPSA) is 91.0 Å². The number of hydrogen-bond acceptors (Lipinski definition) is 4. The second-order valence-electron chi connectivity index (χ2n) is 5.95. The number of carbonyl (C=O) groups is 2. The highest BCUT2D eigenvalue weighted by Crippen LogP contribution is 2.20. The molecule has 0 bridgehead atoms. The second kappa shape index (κ2) is 7.25. The van der Waals surface area contributed by atoms with E-state index >= 15 is 0 Å². The smallest absolute Gasteiger partial charge is 0.253 e. The number of piperidine rings is 1. The van der Waals surface area contributed by atoms with Crippen molar-refractivity contribution >= 4 is 17.6 Å². The molecular weight excluding hydrogens is 306 g/mol. The number of likely N-dealkylation sites (tertiary alicyclic amines) is 1. The molecule has 0 unspecified atom stereocenters. The van der Waals surface area contributed by atoms with Gasteiger partial charge in [-0.1, -0.05) is 6.92 Å². The molecule has 1 aliphatic rings. The van der Waals surface area contributed by atoms with Crippen molar-refractivity contribution in [3.8, 4) is 0 Å². The first-order chi connectivity index (χ1) is 11.7. The molecule has 1 saturated heterocycles. The van der Waals surface area contributed by atoms with Crippen LogP contribution in [-0.2, 0) is 11.2 Å². The zero-order valence-electron chi connectivity index (χ0n) is 13.7. The monoisotopic (exact) mass is 327 g/mol. The Balaban J connectivity index is 1.62. The standard InChI is InChI=1S/C17H21N5O2/c1-2-14-10-15(21-20-14)19-16(23)13-4-3-9-22(11-13)17(24)12-5-7-18-8-6-12/h5-8,10,13H,2-4,9,11H2,1H3,(H2,19,20,21,23)/t13-/m1/s1. The van der Waals surface area contributed by atoms with Crippen molar-refractivity contribution in [1.29, 1.82) is 0 Å². The highest BCUT2D eigenvalue weighted by atomic mass is 16.2. The van der Waals surface area contributed by atoms with Crippen LogP contribution in [0.2, 0.25) is 0 Å². The Bertz CT molecular complexity index is 713. The molecule has 7 heteroatoms. The number of anilines is 1. The van der Waals surface area contributed by atoms with E-state index in [0.29, 0.717) is 24.5 Å². The third-order valence-corrected chi connectivity index (χ3v) is 4.27. The van der Waals surface area contributed by atoms with Gasteiger partial charge >= 0.3 is 0 Å². The van der Waals surface area contributed by atoms with Crippen LogP contribution in [0.25, 0.3) is 0 Å². The van der Waals surface area contributed by atoms with Crippen LogP contribution in [0.4, 0.5) is 5.82 Å². The minimum atomic E-state index is -0.216. The predicted octanol–water partition coefficient (Wildman–Crippen LogP) is 1.86. The molecule has 0 spiro atoms. The van der Waals surface area contributed by atoms with Gasteiger partial charge in [-0.3, -0.25) is 19.7 Å². The van der Waals surface area contributed by atoms with Crippen LogP contribution in [0.1, 0.15) is 35.8 Å². The number of H-pyrrole nitrogens is 1. The van der Waals surface area contributed by atoms with Crippen molar-refractivity contribution in [1.82, 2.24) is 20.1 Å². The summed E-state index contributed by atoms with van der Waals surface area (Å²) in [6.07, 6.45) is 5.63. The zero-order chi connectivity index (χ0) is 16.9. The van der Waals surface area contributed by atoms with E-state index in [9.17, 15) is 9.59 Å². The lowest BCUT2D eigenvalue weighted by Gasteiger charge is -2.32. The largest absolute Gasteiger partial charge is 0.338 e. The number of aromatic nitrogens is 3. The zero-order valence-corrected chi connectivity index (χ0v) is 13.7. The number of nitrogens with zero attached hydrogens (tertiary/aromatic N) is 3. The second-order valence-corrected chi connectivity index (χ2v) is 5.95. The van der Waals surface area contributed by atoms with Gasteiger partial charge in [-0.25, -0.2) is 0 Å². The van der Waals surface area contributed by atoms with E-state index in [1.165, 1.54) is 0 Å². The van der Waals surface area contributed by atoms with Crippen LogP contribution in [0.5, 0.6) is 0 Å². The molecule has 24 heavy (non-hydrogen) atoms. The number of pyridine rings is 1. The maximum atomic E-state index is 12.5. The number of nitrogens with one attached hydrogen (secondary N) is 2. The Morgan fingerprint density at radius 1 is 1.38 bits per heavy atom. The molecule has 7 nitrogen and oxygen atoms in total. The van der Waals surface area contributed by atoms with Gasteiger partial charge in [-0.2, -0.15) is 5.10 Å². The van der Waals surface area contributed by atoms with Crippen molar-refractivity contribution < 1.29 is 9.59 Å². The summed E-state index contributed by atoms with van der Waals surface area (Å²) >= 11 is 0. The molecule has 0 saturated carbocycles. The summed E-state index contributed by atoms with van der Waals surface area (Å²) in [6.45, 7) is 3.12. The normalized spacial score (nSPS) is 17.5. The van der Waals surface area contributed by atoms with Crippen molar-refractivity contribution in [2.45, 2.75) is 26.2 Å². The van der Waals surface area contributed by atoms with Gasteiger partial charge in [0.2, 0.25) is 5.91 Å². The Hall–Kier alpha value is -2.70. The van der Waals surface area contributed by atoms with Crippen LogP contribution in [0, 0.1) is 5.92 Å². The quantitative estimate of drug-likeness (QED) is 0.896. The summed E-state index contributed by atoms with van der Waals surface area (Å²) in [5.41, 5.74) is 1.58. The van der Waals surface area contributed by atoms with Crippen molar-refractivity contribution in [3.63, 3.8) is 0 Å². The van der Waals surface area contributed by atoms with Gasteiger partial charge in [-0.05, 0) is 31.4 Å². The Morgan fingerprint density at radius 2 is 2.17 bits per heavy atom. The Morgan fingerprint density at radius 3 is 2.88 bits per heavy atom. The Kier molecular flexibility index (Phi) is 4.88. The van der Waals surface area contributed by atoms with Crippen molar-refractivity contribution in [3.05, 3.63) is 41.9 Å². The van der Waals surface area contributed by atoms with E-state index in [-0.39, 0.29) is 17.7 Å². The lowest BCUT2D eigenvalue weighted by molar-refractivity contribution is -0.121. The minimum absolute atomic E-state index is 0.0528. The molecule has 0 radical (unpaired) electrons. The number of rotatable bonds is 4. The fourth-order valence-electron chi connectivity index (χ4n) is 2.89. The first kappa shape index (κ1) is 16.2. The average Bonchev–Trinajstić information content (AvgIpc) is 3.09. The maximum absolute atomic E-state index is 12.5. The summed E-state index contributed by atoms with van der Waals surface area (Å²) in [4.78, 5) is 30.6. The highest BCUT2D eigenvalue weighted by molar-refractivity contribution is 5.96. The molecule has 2 aromatic rings. The van der Waals surface area contributed by atoms with Gasteiger partial charge in [0.1, 0.15) is 0 Å². The molecule has 2 N–H and O–H groups in total. The van der Waals surface area contributed by atoms with Gasteiger partial charge in [0.15, 0.2) is 5.82 Å². The number of amides is 2. The first-order valence-electron chi connectivity index (χ1n) is 8.22. The predicted molar refractivity (Wildman–Crippen MR) is 89.5 cm³/mol. The van der Waals surface area contributed by atoms with Gasteiger partial charge < -0.3 is 10.2 Å². The summed E-state index contributed by atoms with van der Waals surface area (Å²) in [6, 6.07) is 5.23. The van der Waals surface area contributed by atoms with Crippen molar-refractivity contribution in [2.24, 2.45) is 5.92 Å². The molecule has 1 aliphatic heterocycles. The molecule has 0 aromatic carbocycles. The molecular formula is C17H21N5O2. The number of aromatic amines is 1. The van der Waals surface area contributed by atoms with Crippen LogP contribution in [0.3, 0.4) is 0 Å². The van der Waals surface area contributed by atoms with Crippen molar-refractivity contribution in [2.75, 3.05) is 18.4 Å².